The predicted molar refractivity (Wildman–Crippen MR) is 59.4 cm³/mol. The van der Waals surface area contributed by atoms with Gasteiger partial charge < -0.3 is 4.74 Å². The molecule has 0 saturated heterocycles. The Hall–Kier alpha value is -0.530. The van der Waals surface area contributed by atoms with Crippen LogP contribution in [0.1, 0.15) is 52.9 Å². The number of fused-ring (bicyclic) bond motifs is 1. The number of ether oxygens (including phenoxy) is 1. The lowest BCUT2D eigenvalue weighted by molar-refractivity contribution is -0.149. The Bertz CT molecular complexity index is 257. The Balaban J connectivity index is 1.99. The Kier molecular flexibility index (Phi) is 2.78. The molecule has 0 N–H and O–H groups in total. The van der Waals surface area contributed by atoms with Gasteiger partial charge in [-0.3, -0.25) is 4.79 Å². The van der Waals surface area contributed by atoms with Crippen molar-refractivity contribution >= 4 is 5.97 Å². The van der Waals surface area contributed by atoms with Gasteiger partial charge in [-0.1, -0.05) is 13.8 Å². The third kappa shape index (κ3) is 2.19. The summed E-state index contributed by atoms with van der Waals surface area (Å²) in [4.78, 5) is 10.9. The van der Waals surface area contributed by atoms with Crippen LogP contribution >= 0.6 is 0 Å². The number of carbonyl (C=O) groups is 1. The molecule has 2 nitrogen and oxygen atoms in total. The molecule has 2 fully saturated rings. The van der Waals surface area contributed by atoms with Crippen LogP contribution in [0.2, 0.25) is 0 Å². The number of rotatable bonds is 1. The molecule has 0 spiro atoms. The van der Waals surface area contributed by atoms with Gasteiger partial charge in [0.15, 0.2) is 0 Å². The van der Waals surface area contributed by atoms with Gasteiger partial charge in [0.2, 0.25) is 0 Å². The van der Waals surface area contributed by atoms with E-state index in [1.807, 2.05) is 0 Å². The topological polar surface area (TPSA) is 26.3 Å². The Morgan fingerprint density at radius 1 is 1.27 bits per heavy atom. The van der Waals surface area contributed by atoms with Crippen LogP contribution in [0.3, 0.4) is 0 Å². The second-order valence-corrected chi connectivity index (χ2v) is 5.94. The zero-order valence-electron chi connectivity index (χ0n) is 10.1. The van der Waals surface area contributed by atoms with E-state index in [0.29, 0.717) is 5.41 Å². The van der Waals surface area contributed by atoms with Crippen molar-refractivity contribution in [2.24, 2.45) is 17.3 Å². The number of carbonyl (C=O) groups excluding carboxylic acids is 1. The molecule has 0 amide bonds. The second-order valence-electron chi connectivity index (χ2n) is 5.94. The molecule has 3 atom stereocenters. The molecule has 0 heterocycles. The van der Waals surface area contributed by atoms with E-state index in [2.05, 4.69) is 13.8 Å². The van der Waals surface area contributed by atoms with Crippen molar-refractivity contribution in [3.8, 4) is 0 Å². The third-order valence-corrected chi connectivity index (χ3v) is 4.44. The number of esters is 1. The average Bonchev–Trinajstić information content (AvgIpc) is 2.42. The lowest BCUT2D eigenvalue weighted by Crippen LogP contribution is -2.33. The van der Waals surface area contributed by atoms with Gasteiger partial charge in [-0.25, -0.2) is 0 Å². The maximum Gasteiger partial charge on any atom is 0.302 e. The molecule has 2 aliphatic rings. The lowest BCUT2D eigenvalue weighted by atomic mass is 9.71. The van der Waals surface area contributed by atoms with E-state index < -0.39 is 0 Å². The summed E-state index contributed by atoms with van der Waals surface area (Å²) in [5.41, 5.74) is 0.462. The van der Waals surface area contributed by atoms with Crippen LogP contribution in [-0.2, 0) is 9.53 Å². The number of hydrogen-bond donors (Lipinski definition) is 0. The van der Waals surface area contributed by atoms with E-state index in [1.165, 1.54) is 26.2 Å². The van der Waals surface area contributed by atoms with Gasteiger partial charge in [0.25, 0.3) is 0 Å². The Morgan fingerprint density at radius 2 is 2.00 bits per heavy atom. The van der Waals surface area contributed by atoms with Crippen molar-refractivity contribution in [1.82, 2.24) is 0 Å². The summed E-state index contributed by atoms with van der Waals surface area (Å²) in [6.07, 6.45) is 6.35. The molecule has 15 heavy (non-hydrogen) atoms. The fourth-order valence-electron chi connectivity index (χ4n) is 3.58. The summed E-state index contributed by atoms with van der Waals surface area (Å²) >= 11 is 0. The van der Waals surface area contributed by atoms with E-state index >= 15 is 0 Å². The van der Waals surface area contributed by atoms with Crippen LogP contribution in [0.15, 0.2) is 0 Å². The van der Waals surface area contributed by atoms with E-state index in [9.17, 15) is 4.79 Å². The lowest BCUT2D eigenvalue weighted by Gasteiger charge is -2.37. The first kappa shape index (κ1) is 11.0. The zero-order chi connectivity index (χ0) is 11.1. The molecule has 0 bridgehead atoms. The summed E-state index contributed by atoms with van der Waals surface area (Å²) in [5, 5.41) is 0. The highest BCUT2D eigenvalue weighted by atomic mass is 16.5. The molecule has 0 aliphatic heterocycles. The van der Waals surface area contributed by atoms with E-state index in [4.69, 9.17) is 4.74 Å². The van der Waals surface area contributed by atoms with Crippen molar-refractivity contribution < 1.29 is 9.53 Å². The van der Waals surface area contributed by atoms with Gasteiger partial charge >= 0.3 is 5.97 Å². The smallest absolute Gasteiger partial charge is 0.302 e. The van der Waals surface area contributed by atoms with Crippen LogP contribution < -0.4 is 0 Å². The Morgan fingerprint density at radius 3 is 2.67 bits per heavy atom. The SMILES string of the molecule is CC(=O)OC1CCC2CCC(C)(C)C2C1. The van der Waals surface area contributed by atoms with Gasteiger partial charge in [0.05, 0.1) is 0 Å². The van der Waals surface area contributed by atoms with Crippen molar-refractivity contribution in [2.45, 2.75) is 59.0 Å². The van der Waals surface area contributed by atoms with Crippen molar-refractivity contribution in [1.29, 1.82) is 0 Å². The largest absolute Gasteiger partial charge is 0.463 e. The molecule has 2 aliphatic carbocycles. The number of hydrogen-bond acceptors (Lipinski definition) is 2. The maximum atomic E-state index is 10.9. The fourth-order valence-corrected chi connectivity index (χ4v) is 3.58. The Labute approximate surface area is 92.4 Å². The molecule has 86 valence electrons. The van der Waals surface area contributed by atoms with Crippen LogP contribution in [0.4, 0.5) is 0 Å². The molecule has 3 unspecified atom stereocenters. The first-order chi connectivity index (χ1) is 6.99. The van der Waals surface area contributed by atoms with Gasteiger partial charge in [0.1, 0.15) is 6.10 Å². The van der Waals surface area contributed by atoms with Crippen LogP contribution in [0.5, 0.6) is 0 Å². The molecule has 2 rings (SSSR count). The highest BCUT2D eigenvalue weighted by molar-refractivity contribution is 5.66. The fraction of sp³-hybridized carbons (Fsp3) is 0.923. The molecule has 0 aromatic heterocycles. The van der Waals surface area contributed by atoms with Gasteiger partial charge in [-0.2, -0.15) is 0 Å². The minimum atomic E-state index is -0.116. The molecular weight excluding hydrogens is 188 g/mol. The minimum Gasteiger partial charge on any atom is -0.463 e. The summed E-state index contributed by atoms with van der Waals surface area (Å²) in [6.45, 7) is 6.26. The van der Waals surface area contributed by atoms with Gasteiger partial charge in [0, 0.05) is 6.92 Å². The van der Waals surface area contributed by atoms with E-state index in [-0.39, 0.29) is 12.1 Å². The van der Waals surface area contributed by atoms with E-state index in [1.54, 1.807) is 0 Å². The van der Waals surface area contributed by atoms with Crippen molar-refractivity contribution in [2.75, 3.05) is 0 Å². The molecule has 2 heteroatoms. The molecule has 2 saturated carbocycles. The minimum absolute atomic E-state index is 0.116. The third-order valence-electron chi connectivity index (χ3n) is 4.44. The summed E-state index contributed by atoms with van der Waals surface area (Å²) in [7, 11) is 0. The first-order valence-electron chi connectivity index (χ1n) is 6.16. The monoisotopic (exact) mass is 210 g/mol. The van der Waals surface area contributed by atoms with Gasteiger partial charge in [-0.05, 0) is 49.4 Å². The summed E-state index contributed by atoms with van der Waals surface area (Å²) < 4.78 is 5.35. The zero-order valence-corrected chi connectivity index (χ0v) is 10.1. The summed E-state index contributed by atoms with van der Waals surface area (Å²) in [6, 6.07) is 0. The van der Waals surface area contributed by atoms with Crippen LogP contribution in [0.25, 0.3) is 0 Å². The maximum absolute atomic E-state index is 10.9. The first-order valence-corrected chi connectivity index (χ1v) is 6.16. The average molecular weight is 210 g/mol. The normalized spacial score (nSPS) is 38.5. The predicted octanol–water partition coefficient (Wildman–Crippen LogP) is 3.15. The molecule has 0 aromatic carbocycles. The molecule has 0 aromatic rings. The molecular formula is C13H22O2. The van der Waals surface area contributed by atoms with E-state index in [0.717, 1.165) is 24.7 Å². The second kappa shape index (κ2) is 3.80. The molecule has 0 radical (unpaired) electrons. The highest BCUT2D eigenvalue weighted by Crippen LogP contribution is 2.53. The van der Waals surface area contributed by atoms with Crippen molar-refractivity contribution in [3.63, 3.8) is 0 Å². The van der Waals surface area contributed by atoms with Crippen LogP contribution in [-0.4, -0.2) is 12.1 Å². The van der Waals surface area contributed by atoms with Crippen LogP contribution in [0, 0.1) is 17.3 Å². The van der Waals surface area contributed by atoms with Gasteiger partial charge in [-0.15, -0.1) is 0 Å². The quantitative estimate of drug-likeness (QED) is 0.621. The standard InChI is InChI=1S/C13H22O2/c1-9(14)15-11-5-4-10-6-7-13(2,3)12(10)8-11/h10-12H,4-8H2,1-3H3. The van der Waals surface area contributed by atoms with Crippen molar-refractivity contribution in [3.05, 3.63) is 0 Å². The summed E-state index contributed by atoms with van der Waals surface area (Å²) in [5.74, 6) is 1.55. The highest BCUT2D eigenvalue weighted by Gasteiger charge is 2.45.